The van der Waals surface area contributed by atoms with Crippen molar-refractivity contribution < 1.29 is 27.5 Å². The Kier molecular flexibility index (Phi) is 5.34. The summed E-state index contributed by atoms with van der Waals surface area (Å²) in [5.74, 6) is -1.56. The molecule has 1 fully saturated rings. The van der Waals surface area contributed by atoms with Crippen LogP contribution in [0, 0.1) is 20.8 Å². The number of nitrogens with zero attached hydrogens (tertiary/aromatic N) is 5. The molecule has 2 aromatic heterocycles. The summed E-state index contributed by atoms with van der Waals surface area (Å²) in [6, 6.07) is 4.40. The highest BCUT2D eigenvalue weighted by molar-refractivity contribution is 7.89. The van der Waals surface area contributed by atoms with Gasteiger partial charge in [0.1, 0.15) is 0 Å². The summed E-state index contributed by atoms with van der Waals surface area (Å²) in [5.41, 5.74) is 1.89. The fourth-order valence-corrected chi connectivity index (χ4v) is 6.16. The summed E-state index contributed by atoms with van der Waals surface area (Å²) in [6.07, 6.45) is 0. The lowest BCUT2D eigenvalue weighted by Gasteiger charge is -2.26. The number of aryl methyl sites for hydroxylation is 2. The van der Waals surface area contributed by atoms with Crippen LogP contribution in [-0.4, -0.2) is 71.5 Å². The molecule has 12 heteroatoms. The van der Waals surface area contributed by atoms with Crippen LogP contribution in [0.4, 0.5) is 5.69 Å². The summed E-state index contributed by atoms with van der Waals surface area (Å²) < 4.78 is 34.2. The second kappa shape index (κ2) is 8.04. The first-order valence-electron chi connectivity index (χ1n) is 11.0. The van der Waals surface area contributed by atoms with Gasteiger partial charge in [0.25, 0.3) is 11.8 Å². The molecule has 2 aliphatic heterocycles. The highest BCUT2D eigenvalue weighted by Gasteiger charge is 2.43. The molecular weight excluding hydrogens is 474 g/mol. The number of aromatic nitrogens is 3. The molecule has 0 spiro atoms. The zero-order valence-corrected chi connectivity index (χ0v) is 20.5. The monoisotopic (exact) mass is 497 g/mol. The van der Waals surface area contributed by atoms with E-state index < -0.39 is 21.8 Å². The molecule has 1 saturated heterocycles. The van der Waals surface area contributed by atoms with Crippen molar-refractivity contribution in [3.05, 3.63) is 46.4 Å². The molecular formula is C23H23N5O6S. The molecule has 5 rings (SSSR count). The third kappa shape index (κ3) is 3.39. The second-order valence-corrected chi connectivity index (χ2v) is 10.5. The van der Waals surface area contributed by atoms with Gasteiger partial charge in [0.15, 0.2) is 0 Å². The highest BCUT2D eigenvalue weighted by Crippen LogP contribution is 2.37. The number of carbonyl (C=O) groups is 3. The van der Waals surface area contributed by atoms with Crippen LogP contribution in [0.5, 0.6) is 0 Å². The van der Waals surface area contributed by atoms with E-state index >= 15 is 0 Å². The van der Waals surface area contributed by atoms with Crippen LogP contribution in [-0.2, 0) is 14.8 Å². The molecule has 0 N–H and O–H groups in total. The summed E-state index contributed by atoms with van der Waals surface area (Å²) >= 11 is 0. The SMILES string of the molecule is CC(=O)n1nc(C)c(N2C(=O)c3c(C)nc4ccc(S(=O)(=O)N5CCOCC5)cc4c3C2=O)c1C. The summed E-state index contributed by atoms with van der Waals surface area (Å²) in [4.78, 5) is 44.6. The van der Waals surface area contributed by atoms with Gasteiger partial charge in [-0.1, -0.05) is 0 Å². The molecule has 2 aliphatic rings. The molecule has 1 aromatic carbocycles. The fourth-order valence-electron chi connectivity index (χ4n) is 4.73. The number of fused-ring (bicyclic) bond motifs is 3. The van der Waals surface area contributed by atoms with E-state index in [0.717, 1.165) is 9.58 Å². The molecule has 4 heterocycles. The lowest BCUT2D eigenvalue weighted by atomic mass is 10.0. The second-order valence-electron chi connectivity index (χ2n) is 8.54. The van der Waals surface area contributed by atoms with Crippen molar-refractivity contribution in [3.63, 3.8) is 0 Å². The van der Waals surface area contributed by atoms with E-state index in [-0.39, 0.29) is 46.1 Å². The van der Waals surface area contributed by atoms with Crippen molar-refractivity contribution in [2.75, 3.05) is 31.2 Å². The molecule has 182 valence electrons. The topological polar surface area (TPSA) is 132 Å². The number of amides is 2. The van der Waals surface area contributed by atoms with Gasteiger partial charge in [0, 0.05) is 25.4 Å². The van der Waals surface area contributed by atoms with E-state index in [1.807, 2.05) is 0 Å². The molecule has 0 aliphatic carbocycles. The minimum absolute atomic E-state index is 0.00946. The number of pyridine rings is 1. The number of benzene rings is 1. The average molecular weight is 498 g/mol. The van der Waals surface area contributed by atoms with Gasteiger partial charge in [-0.05, 0) is 39.0 Å². The van der Waals surface area contributed by atoms with Crippen LogP contribution in [0.15, 0.2) is 23.1 Å². The van der Waals surface area contributed by atoms with Gasteiger partial charge in [0.2, 0.25) is 15.9 Å². The smallest absolute Gasteiger partial charge is 0.268 e. The highest BCUT2D eigenvalue weighted by atomic mass is 32.2. The third-order valence-corrected chi connectivity index (χ3v) is 8.25. The number of hydrogen-bond donors (Lipinski definition) is 0. The van der Waals surface area contributed by atoms with Crippen molar-refractivity contribution in [1.82, 2.24) is 19.1 Å². The van der Waals surface area contributed by atoms with E-state index in [9.17, 15) is 22.8 Å². The number of carbonyl (C=O) groups excluding carboxylic acids is 3. The quantitative estimate of drug-likeness (QED) is 0.501. The zero-order valence-electron chi connectivity index (χ0n) is 19.7. The van der Waals surface area contributed by atoms with Gasteiger partial charge in [0.05, 0.1) is 57.5 Å². The molecule has 11 nitrogen and oxygen atoms in total. The Morgan fingerprint density at radius 3 is 2.29 bits per heavy atom. The fraction of sp³-hybridized carbons (Fsp3) is 0.348. The predicted molar refractivity (Wildman–Crippen MR) is 125 cm³/mol. The molecule has 0 bridgehead atoms. The van der Waals surface area contributed by atoms with E-state index in [1.54, 1.807) is 26.8 Å². The third-order valence-electron chi connectivity index (χ3n) is 6.35. The molecule has 35 heavy (non-hydrogen) atoms. The van der Waals surface area contributed by atoms with Crippen LogP contribution in [0.1, 0.15) is 49.5 Å². The molecule has 0 unspecified atom stereocenters. The number of imide groups is 1. The maximum atomic E-state index is 13.7. The van der Waals surface area contributed by atoms with Crippen LogP contribution in [0.25, 0.3) is 10.9 Å². The maximum absolute atomic E-state index is 13.7. The Labute approximate surface area is 201 Å². The standard InChI is InChI=1S/C23H23N5O6S/c1-12-19-20(23(31)27(22(19)30)21-13(2)25-28(14(21)3)15(4)29)17-11-16(5-6-18(17)24-12)35(32,33)26-7-9-34-10-8-26/h5-6,11H,7-10H2,1-4H3. The predicted octanol–water partition coefficient (Wildman–Crippen LogP) is 1.84. The van der Waals surface area contributed by atoms with Gasteiger partial charge < -0.3 is 4.74 Å². The van der Waals surface area contributed by atoms with Crippen LogP contribution < -0.4 is 4.90 Å². The summed E-state index contributed by atoms with van der Waals surface area (Å²) in [6.45, 7) is 7.25. The number of ether oxygens (including phenoxy) is 1. The Morgan fingerprint density at radius 2 is 1.66 bits per heavy atom. The van der Waals surface area contributed by atoms with Crippen molar-refractivity contribution in [1.29, 1.82) is 0 Å². The van der Waals surface area contributed by atoms with Crippen LogP contribution in [0.2, 0.25) is 0 Å². The number of morpholine rings is 1. The first-order chi connectivity index (χ1) is 16.5. The van der Waals surface area contributed by atoms with E-state index in [4.69, 9.17) is 4.74 Å². The number of rotatable bonds is 3. The number of sulfonamides is 1. The van der Waals surface area contributed by atoms with Crippen LogP contribution in [0.3, 0.4) is 0 Å². The lowest BCUT2D eigenvalue weighted by molar-refractivity contribution is 0.0730. The first-order valence-corrected chi connectivity index (χ1v) is 12.5. The first kappa shape index (κ1) is 23.3. The van der Waals surface area contributed by atoms with Crippen molar-refractivity contribution in [2.45, 2.75) is 32.6 Å². The van der Waals surface area contributed by atoms with Crippen molar-refractivity contribution in [2.24, 2.45) is 0 Å². The van der Waals surface area contributed by atoms with E-state index in [2.05, 4.69) is 10.1 Å². The number of hydrogen-bond acceptors (Lipinski definition) is 8. The van der Waals surface area contributed by atoms with Gasteiger partial charge in [-0.3, -0.25) is 19.4 Å². The summed E-state index contributed by atoms with van der Waals surface area (Å²) in [7, 11) is -3.83. The van der Waals surface area contributed by atoms with Gasteiger partial charge in [-0.25, -0.2) is 18.0 Å². The van der Waals surface area contributed by atoms with E-state index in [1.165, 1.54) is 23.4 Å². The molecule has 0 saturated carbocycles. The number of anilines is 1. The normalized spacial score (nSPS) is 16.9. The lowest BCUT2D eigenvalue weighted by Crippen LogP contribution is -2.40. The molecule has 3 aromatic rings. The van der Waals surface area contributed by atoms with Crippen LogP contribution >= 0.6 is 0 Å². The largest absolute Gasteiger partial charge is 0.379 e. The average Bonchev–Trinajstić information content (AvgIpc) is 3.26. The Morgan fingerprint density at radius 1 is 1.00 bits per heavy atom. The van der Waals surface area contributed by atoms with E-state index in [0.29, 0.717) is 35.8 Å². The Bertz CT molecular complexity index is 1550. The minimum Gasteiger partial charge on any atom is -0.379 e. The summed E-state index contributed by atoms with van der Waals surface area (Å²) in [5, 5.41) is 4.45. The molecule has 0 radical (unpaired) electrons. The van der Waals surface area contributed by atoms with Gasteiger partial charge in [-0.2, -0.15) is 9.40 Å². The van der Waals surface area contributed by atoms with Gasteiger partial charge in [-0.15, -0.1) is 0 Å². The van der Waals surface area contributed by atoms with Crippen molar-refractivity contribution in [3.8, 4) is 0 Å². The molecule has 0 atom stereocenters. The van der Waals surface area contributed by atoms with Crippen molar-refractivity contribution >= 4 is 44.3 Å². The van der Waals surface area contributed by atoms with Gasteiger partial charge >= 0.3 is 0 Å². The zero-order chi connectivity index (χ0) is 25.2. The molecule has 2 amide bonds. The Hall–Kier alpha value is -3.48. The maximum Gasteiger partial charge on any atom is 0.268 e. The minimum atomic E-state index is -3.83. The Balaban J connectivity index is 1.69.